The Morgan fingerprint density at radius 3 is 2.59 bits per heavy atom. The van der Waals surface area contributed by atoms with Gasteiger partial charge in [-0.2, -0.15) is 0 Å². The van der Waals surface area contributed by atoms with Gasteiger partial charge in [0.1, 0.15) is 11.5 Å². The van der Waals surface area contributed by atoms with Crippen LogP contribution in [0.15, 0.2) is 60.9 Å². The molecule has 0 spiro atoms. The number of rotatable bonds is 4. The summed E-state index contributed by atoms with van der Waals surface area (Å²) in [6.07, 6.45) is 5.51. The summed E-state index contributed by atoms with van der Waals surface area (Å²) in [5.74, 6) is 0.0179. The van der Waals surface area contributed by atoms with Crippen LogP contribution in [-0.4, -0.2) is 20.3 Å². The van der Waals surface area contributed by atoms with Gasteiger partial charge >= 0.3 is 0 Å². The van der Waals surface area contributed by atoms with Gasteiger partial charge in [-0.25, -0.2) is 9.37 Å². The Morgan fingerprint density at radius 1 is 1.10 bits per heavy atom. The Kier molecular flexibility index (Phi) is 4.12. The number of imidazole rings is 1. The summed E-state index contributed by atoms with van der Waals surface area (Å²) in [6.45, 7) is 2.07. The van der Waals surface area contributed by atoms with Crippen molar-refractivity contribution in [2.75, 3.05) is 5.32 Å². The minimum absolute atomic E-state index is 0.192. The van der Waals surface area contributed by atoms with Crippen molar-refractivity contribution in [3.8, 4) is 11.3 Å². The molecule has 1 aliphatic rings. The largest absolute Gasteiger partial charge is 0.321 e. The molecule has 0 bridgehead atoms. The lowest BCUT2D eigenvalue weighted by Crippen LogP contribution is -2.12. The number of anilines is 1. The lowest BCUT2D eigenvalue weighted by molar-refractivity contribution is 0.102. The average Bonchev–Trinajstić information content (AvgIpc) is 3.53. The number of nitrogens with zero attached hydrogens (tertiary/aromatic N) is 3. The predicted octanol–water partition coefficient (Wildman–Crippen LogP) is 4.97. The maximum atomic E-state index is 13.0. The molecule has 0 atom stereocenters. The topological polar surface area (TPSA) is 59.3 Å². The molecule has 1 fully saturated rings. The molecule has 0 unspecified atom stereocenters. The number of nitrogens with one attached hydrogen (secondary N) is 1. The number of halogens is 1. The van der Waals surface area contributed by atoms with Crippen molar-refractivity contribution >= 4 is 17.2 Å². The van der Waals surface area contributed by atoms with E-state index in [1.165, 1.54) is 30.8 Å². The van der Waals surface area contributed by atoms with E-state index in [-0.39, 0.29) is 11.7 Å². The van der Waals surface area contributed by atoms with Crippen molar-refractivity contribution in [3.63, 3.8) is 0 Å². The van der Waals surface area contributed by atoms with Crippen LogP contribution in [0.4, 0.5) is 10.1 Å². The van der Waals surface area contributed by atoms with Crippen molar-refractivity contribution in [2.24, 2.45) is 0 Å². The summed E-state index contributed by atoms with van der Waals surface area (Å²) < 4.78 is 15.1. The Balaban J connectivity index is 1.35. The number of benzene rings is 1. The first-order valence-corrected chi connectivity index (χ1v) is 9.60. The minimum Gasteiger partial charge on any atom is -0.321 e. The smallest absolute Gasteiger partial charge is 0.255 e. The molecule has 6 heteroatoms. The van der Waals surface area contributed by atoms with E-state index in [1.54, 1.807) is 30.3 Å². The van der Waals surface area contributed by atoms with Crippen LogP contribution in [0.25, 0.3) is 16.9 Å². The maximum absolute atomic E-state index is 13.0. The number of hydrogen-bond acceptors (Lipinski definition) is 3. The van der Waals surface area contributed by atoms with Crippen LogP contribution in [0.3, 0.4) is 0 Å². The zero-order valence-electron chi connectivity index (χ0n) is 15.9. The first kappa shape index (κ1) is 17.6. The van der Waals surface area contributed by atoms with Gasteiger partial charge in [-0.1, -0.05) is 12.1 Å². The fourth-order valence-corrected chi connectivity index (χ4v) is 3.54. The van der Waals surface area contributed by atoms with Crippen LogP contribution in [0, 0.1) is 12.7 Å². The number of aromatic nitrogens is 3. The monoisotopic (exact) mass is 386 g/mol. The van der Waals surface area contributed by atoms with Gasteiger partial charge < -0.3 is 9.72 Å². The second kappa shape index (κ2) is 6.81. The molecule has 5 nitrogen and oxygen atoms in total. The van der Waals surface area contributed by atoms with Gasteiger partial charge in [0.2, 0.25) is 0 Å². The summed E-state index contributed by atoms with van der Waals surface area (Å²) in [6, 6.07) is 13.9. The lowest BCUT2D eigenvalue weighted by Gasteiger charge is -2.07. The van der Waals surface area contributed by atoms with Crippen LogP contribution >= 0.6 is 0 Å². The fraction of sp³-hybridized carbons (Fsp3) is 0.174. The number of amides is 1. The van der Waals surface area contributed by atoms with Gasteiger partial charge in [-0.3, -0.25) is 9.78 Å². The quantitative estimate of drug-likeness (QED) is 0.538. The molecule has 1 aromatic carbocycles. The third-order valence-corrected chi connectivity index (χ3v) is 5.29. The van der Waals surface area contributed by atoms with Gasteiger partial charge in [0.05, 0.1) is 23.3 Å². The number of pyridine rings is 2. The average molecular weight is 386 g/mol. The fourth-order valence-electron chi connectivity index (χ4n) is 3.54. The van der Waals surface area contributed by atoms with Crippen molar-refractivity contribution in [2.45, 2.75) is 25.7 Å². The van der Waals surface area contributed by atoms with E-state index in [0.717, 1.165) is 22.6 Å². The molecular formula is C23H19FN4O. The van der Waals surface area contributed by atoms with Crippen molar-refractivity contribution in [1.82, 2.24) is 14.4 Å². The molecule has 1 aliphatic carbocycles. The van der Waals surface area contributed by atoms with Gasteiger partial charge in [0, 0.05) is 28.9 Å². The Bertz CT molecular complexity index is 1210. The molecule has 1 N–H and O–H groups in total. The number of aryl methyl sites for hydroxylation is 1. The standard InChI is InChI=1S/C23H19FN4O/c1-14-22(16-4-5-16)27-21-11-9-19(13-28(14)21)26-23(29)17-6-2-15(3-7-17)20-10-8-18(24)12-25-20/h2-3,6-13,16H,4-5H2,1H3,(H,26,29). The highest BCUT2D eigenvalue weighted by molar-refractivity contribution is 6.04. The number of fused-ring (bicyclic) bond motifs is 1. The molecule has 1 saturated carbocycles. The maximum Gasteiger partial charge on any atom is 0.255 e. The summed E-state index contributed by atoms with van der Waals surface area (Å²) >= 11 is 0. The molecule has 3 heterocycles. The lowest BCUT2D eigenvalue weighted by atomic mass is 10.1. The van der Waals surface area contributed by atoms with E-state index >= 15 is 0 Å². The van der Waals surface area contributed by atoms with Crippen LogP contribution in [0.5, 0.6) is 0 Å². The Hall–Kier alpha value is -3.54. The Labute approximate surface area is 167 Å². The van der Waals surface area contributed by atoms with Gasteiger partial charge in [0.25, 0.3) is 5.91 Å². The minimum atomic E-state index is -0.376. The third-order valence-electron chi connectivity index (χ3n) is 5.29. The van der Waals surface area contributed by atoms with E-state index in [0.29, 0.717) is 17.2 Å². The zero-order chi connectivity index (χ0) is 20.0. The first-order valence-electron chi connectivity index (χ1n) is 9.60. The van der Waals surface area contributed by atoms with Crippen LogP contribution in [0.2, 0.25) is 0 Å². The van der Waals surface area contributed by atoms with Crippen LogP contribution in [-0.2, 0) is 0 Å². The van der Waals surface area contributed by atoms with Gasteiger partial charge in [-0.05, 0) is 56.2 Å². The number of carbonyl (C=O) groups is 1. The SMILES string of the molecule is Cc1c(C2CC2)nc2ccc(NC(=O)c3ccc(-c4ccc(F)cn4)cc3)cn12. The molecular weight excluding hydrogens is 367 g/mol. The van der Waals surface area contributed by atoms with Crippen molar-refractivity contribution in [3.05, 3.63) is 83.7 Å². The van der Waals surface area contributed by atoms with Crippen molar-refractivity contribution in [1.29, 1.82) is 0 Å². The highest BCUT2D eigenvalue weighted by Crippen LogP contribution is 2.41. The van der Waals surface area contributed by atoms with E-state index in [2.05, 4.69) is 17.2 Å². The molecule has 0 aliphatic heterocycles. The second-order valence-electron chi connectivity index (χ2n) is 7.40. The first-order chi connectivity index (χ1) is 14.1. The summed E-state index contributed by atoms with van der Waals surface area (Å²) in [4.78, 5) is 21.4. The van der Waals surface area contributed by atoms with Gasteiger partial charge in [-0.15, -0.1) is 0 Å². The number of carbonyl (C=O) groups excluding carboxylic acids is 1. The zero-order valence-corrected chi connectivity index (χ0v) is 15.9. The second-order valence-corrected chi connectivity index (χ2v) is 7.40. The molecule has 0 radical (unpaired) electrons. The predicted molar refractivity (Wildman–Crippen MR) is 109 cm³/mol. The third kappa shape index (κ3) is 3.38. The Morgan fingerprint density at radius 2 is 1.90 bits per heavy atom. The molecule has 29 heavy (non-hydrogen) atoms. The molecule has 3 aromatic heterocycles. The van der Waals surface area contributed by atoms with Crippen LogP contribution in [0.1, 0.15) is 40.5 Å². The van der Waals surface area contributed by atoms with Crippen LogP contribution < -0.4 is 5.32 Å². The van der Waals surface area contributed by atoms with E-state index in [4.69, 9.17) is 4.98 Å². The molecule has 4 aromatic rings. The summed E-state index contributed by atoms with van der Waals surface area (Å²) in [5.41, 5.74) is 5.94. The molecule has 5 rings (SSSR count). The number of hydrogen-bond donors (Lipinski definition) is 1. The highest BCUT2D eigenvalue weighted by atomic mass is 19.1. The molecule has 0 saturated heterocycles. The van der Waals surface area contributed by atoms with E-state index < -0.39 is 0 Å². The summed E-state index contributed by atoms with van der Waals surface area (Å²) in [7, 11) is 0. The van der Waals surface area contributed by atoms with Crippen molar-refractivity contribution < 1.29 is 9.18 Å². The highest BCUT2D eigenvalue weighted by Gasteiger charge is 2.28. The summed E-state index contributed by atoms with van der Waals surface area (Å²) in [5, 5.41) is 2.95. The van der Waals surface area contributed by atoms with Gasteiger partial charge in [0.15, 0.2) is 0 Å². The van der Waals surface area contributed by atoms with E-state index in [9.17, 15) is 9.18 Å². The normalized spacial score (nSPS) is 13.6. The molecule has 144 valence electrons. The molecule has 1 amide bonds. The van der Waals surface area contributed by atoms with E-state index in [1.807, 2.05) is 22.7 Å².